The number of thioether (sulfide) groups is 1. The van der Waals surface area contributed by atoms with Crippen LogP contribution in [0.3, 0.4) is 0 Å². The summed E-state index contributed by atoms with van der Waals surface area (Å²) in [4.78, 5) is 0. The molecule has 0 heterocycles. The Bertz CT molecular complexity index is 304. The first-order valence-corrected chi connectivity index (χ1v) is 7.86. The first-order chi connectivity index (χ1) is 7.79. The largest absolute Gasteiger partial charge is 0.319 e. The molecule has 0 bridgehead atoms. The van der Waals surface area contributed by atoms with Gasteiger partial charge in [-0.15, -0.1) is 0 Å². The third kappa shape index (κ3) is 4.48. The summed E-state index contributed by atoms with van der Waals surface area (Å²) < 4.78 is 1.24. The van der Waals surface area contributed by atoms with Crippen molar-refractivity contribution in [2.75, 3.05) is 25.6 Å². The quantitative estimate of drug-likeness (QED) is 0.767. The molecule has 0 radical (unpaired) electrons. The Kier molecular flexibility index (Phi) is 7.17. The second-order valence-corrected chi connectivity index (χ2v) is 5.75. The SMILES string of the molecule is CNCC(CCCSC)c1ccccc1Br. The molecule has 3 heteroatoms. The zero-order valence-electron chi connectivity index (χ0n) is 10.0. The van der Waals surface area contributed by atoms with Crippen molar-refractivity contribution in [1.82, 2.24) is 5.32 Å². The molecule has 1 N–H and O–H groups in total. The third-order valence-corrected chi connectivity index (χ3v) is 4.12. The topological polar surface area (TPSA) is 12.0 Å². The standard InChI is InChI=1S/C13H20BrNS/c1-15-10-11(6-5-9-16-2)12-7-3-4-8-13(12)14/h3-4,7-8,11,15H,5-6,9-10H2,1-2H3. The van der Waals surface area contributed by atoms with Gasteiger partial charge < -0.3 is 5.32 Å². The second-order valence-electron chi connectivity index (χ2n) is 3.91. The van der Waals surface area contributed by atoms with Crippen molar-refractivity contribution in [3.8, 4) is 0 Å². The average Bonchev–Trinajstić information content (AvgIpc) is 2.29. The predicted octanol–water partition coefficient (Wildman–Crippen LogP) is 3.90. The van der Waals surface area contributed by atoms with Crippen molar-refractivity contribution in [2.24, 2.45) is 0 Å². The minimum atomic E-state index is 0.618. The molecule has 1 unspecified atom stereocenters. The Morgan fingerprint density at radius 3 is 2.75 bits per heavy atom. The van der Waals surface area contributed by atoms with Gasteiger partial charge in [0.25, 0.3) is 0 Å². The van der Waals surface area contributed by atoms with Crippen LogP contribution in [0.15, 0.2) is 28.7 Å². The van der Waals surface area contributed by atoms with E-state index in [0.29, 0.717) is 5.92 Å². The van der Waals surface area contributed by atoms with E-state index < -0.39 is 0 Å². The van der Waals surface area contributed by atoms with E-state index in [4.69, 9.17) is 0 Å². The first kappa shape index (κ1) is 14.1. The van der Waals surface area contributed by atoms with E-state index >= 15 is 0 Å². The molecule has 0 aliphatic rings. The lowest BCUT2D eigenvalue weighted by Gasteiger charge is -2.18. The molecule has 0 amide bonds. The fraction of sp³-hybridized carbons (Fsp3) is 0.538. The summed E-state index contributed by atoms with van der Waals surface area (Å²) >= 11 is 5.57. The molecule has 1 aromatic carbocycles. The fourth-order valence-electron chi connectivity index (χ4n) is 1.89. The molecular weight excluding hydrogens is 282 g/mol. The van der Waals surface area contributed by atoms with Crippen LogP contribution in [-0.2, 0) is 0 Å². The van der Waals surface area contributed by atoms with Crippen LogP contribution >= 0.6 is 27.7 Å². The summed E-state index contributed by atoms with van der Waals surface area (Å²) in [5.74, 6) is 1.87. The molecule has 90 valence electrons. The fourth-order valence-corrected chi connectivity index (χ4v) is 2.96. The predicted molar refractivity (Wildman–Crippen MR) is 78.4 cm³/mol. The Morgan fingerprint density at radius 1 is 1.38 bits per heavy atom. The summed E-state index contributed by atoms with van der Waals surface area (Å²) in [6, 6.07) is 8.56. The van der Waals surface area contributed by atoms with Gasteiger partial charge in [-0.1, -0.05) is 34.1 Å². The smallest absolute Gasteiger partial charge is 0.0210 e. The van der Waals surface area contributed by atoms with E-state index in [1.165, 1.54) is 28.6 Å². The zero-order chi connectivity index (χ0) is 11.8. The number of halogens is 1. The molecule has 0 spiro atoms. The Balaban J connectivity index is 2.65. The molecule has 0 aliphatic carbocycles. The summed E-state index contributed by atoms with van der Waals surface area (Å²) in [6.45, 7) is 1.05. The van der Waals surface area contributed by atoms with Crippen LogP contribution in [0.1, 0.15) is 24.3 Å². The van der Waals surface area contributed by atoms with Crippen LogP contribution < -0.4 is 5.32 Å². The lowest BCUT2D eigenvalue weighted by molar-refractivity contribution is 0.577. The molecule has 0 saturated carbocycles. The van der Waals surface area contributed by atoms with Gasteiger partial charge in [-0.3, -0.25) is 0 Å². The summed E-state index contributed by atoms with van der Waals surface area (Å²) in [6.07, 6.45) is 4.71. The highest BCUT2D eigenvalue weighted by Crippen LogP contribution is 2.28. The van der Waals surface area contributed by atoms with E-state index in [0.717, 1.165) is 6.54 Å². The number of rotatable bonds is 7. The molecule has 0 aromatic heterocycles. The number of benzene rings is 1. The van der Waals surface area contributed by atoms with Gasteiger partial charge >= 0.3 is 0 Å². The third-order valence-electron chi connectivity index (χ3n) is 2.70. The monoisotopic (exact) mass is 301 g/mol. The molecule has 1 aromatic rings. The highest BCUT2D eigenvalue weighted by Gasteiger charge is 2.12. The maximum Gasteiger partial charge on any atom is 0.0210 e. The summed E-state index contributed by atoms with van der Waals surface area (Å²) in [7, 11) is 2.03. The Morgan fingerprint density at radius 2 is 2.12 bits per heavy atom. The van der Waals surface area contributed by atoms with Crippen LogP contribution in [0, 0.1) is 0 Å². The maximum absolute atomic E-state index is 3.64. The van der Waals surface area contributed by atoms with E-state index in [1.54, 1.807) is 0 Å². The van der Waals surface area contributed by atoms with Gasteiger partial charge in [0.15, 0.2) is 0 Å². The minimum Gasteiger partial charge on any atom is -0.319 e. The van der Waals surface area contributed by atoms with Crippen molar-refractivity contribution in [3.05, 3.63) is 34.3 Å². The summed E-state index contributed by atoms with van der Waals surface area (Å²) in [5.41, 5.74) is 1.43. The van der Waals surface area contributed by atoms with Gasteiger partial charge in [0.2, 0.25) is 0 Å². The number of hydrogen-bond donors (Lipinski definition) is 1. The van der Waals surface area contributed by atoms with E-state index in [-0.39, 0.29) is 0 Å². The van der Waals surface area contributed by atoms with Gasteiger partial charge in [-0.2, -0.15) is 11.8 Å². The van der Waals surface area contributed by atoms with Crippen molar-refractivity contribution >= 4 is 27.7 Å². The molecule has 0 saturated heterocycles. The lowest BCUT2D eigenvalue weighted by Crippen LogP contribution is -2.17. The maximum atomic E-state index is 3.64. The van der Waals surface area contributed by atoms with Gasteiger partial charge in [0.1, 0.15) is 0 Å². The Hall–Kier alpha value is 0.01000. The van der Waals surface area contributed by atoms with Crippen molar-refractivity contribution in [3.63, 3.8) is 0 Å². The zero-order valence-corrected chi connectivity index (χ0v) is 12.4. The first-order valence-electron chi connectivity index (χ1n) is 5.67. The molecule has 0 fully saturated rings. The normalized spacial score (nSPS) is 12.7. The summed E-state index contributed by atoms with van der Waals surface area (Å²) in [5, 5.41) is 3.29. The van der Waals surface area contributed by atoms with E-state index in [1.807, 2.05) is 18.8 Å². The molecular formula is C13H20BrNS. The van der Waals surface area contributed by atoms with Crippen LogP contribution in [0.25, 0.3) is 0 Å². The number of nitrogens with one attached hydrogen (secondary N) is 1. The lowest BCUT2D eigenvalue weighted by atomic mass is 9.94. The molecule has 0 aliphatic heterocycles. The highest BCUT2D eigenvalue weighted by atomic mass is 79.9. The van der Waals surface area contributed by atoms with Gasteiger partial charge in [0, 0.05) is 11.0 Å². The Labute approximate surface area is 112 Å². The average molecular weight is 302 g/mol. The van der Waals surface area contributed by atoms with E-state index in [2.05, 4.69) is 51.8 Å². The second kappa shape index (κ2) is 8.15. The minimum absolute atomic E-state index is 0.618. The van der Waals surface area contributed by atoms with Crippen molar-refractivity contribution in [2.45, 2.75) is 18.8 Å². The van der Waals surface area contributed by atoms with Crippen LogP contribution in [0.2, 0.25) is 0 Å². The van der Waals surface area contributed by atoms with Gasteiger partial charge in [-0.05, 0) is 49.4 Å². The van der Waals surface area contributed by atoms with E-state index in [9.17, 15) is 0 Å². The van der Waals surface area contributed by atoms with Crippen LogP contribution in [-0.4, -0.2) is 25.6 Å². The highest BCUT2D eigenvalue weighted by molar-refractivity contribution is 9.10. The molecule has 16 heavy (non-hydrogen) atoms. The van der Waals surface area contributed by atoms with Gasteiger partial charge in [0.05, 0.1) is 0 Å². The van der Waals surface area contributed by atoms with Crippen molar-refractivity contribution < 1.29 is 0 Å². The molecule has 1 atom stereocenters. The van der Waals surface area contributed by atoms with Gasteiger partial charge in [-0.25, -0.2) is 0 Å². The van der Waals surface area contributed by atoms with Crippen molar-refractivity contribution in [1.29, 1.82) is 0 Å². The number of likely N-dealkylation sites (N-methyl/N-ethyl adjacent to an activating group) is 1. The molecule has 1 rings (SSSR count). The number of hydrogen-bond acceptors (Lipinski definition) is 2. The van der Waals surface area contributed by atoms with Crippen LogP contribution in [0.4, 0.5) is 0 Å². The molecule has 1 nitrogen and oxygen atoms in total. The van der Waals surface area contributed by atoms with Crippen LogP contribution in [0.5, 0.6) is 0 Å².